The van der Waals surface area contributed by atoms with E-state index in [0.29, 0.717) is 6.54 Å². The third-order valence-electron chi connectivity index (χ3n) is 3.72. The molecule has 3 rings (SSSR count). The van der Waals surface area contributed by atoms with Crippen LogP contribution in [-0.2, 0) is 11.3 Å². The predicted molar refractivity (Wildman–Crippen MR) is 90.1 cm³/mol. The third kappa shape index (κ3) is 2.95. The first-order valence-corrected chi connectivity index (χ1v) is 7.94. The largest absolute Gasteiger partial charge is 0.477 e. The Bertz CT molecular complexity index is 690. The number of amides is 1. The van der Waals surface area contributed by atoms with Gasteiger partial charge in [-0.3, -0.25) is 4.79 Å². The fourth-order valence-corrected chi connectivity index (χ4v) is 3.00. The lowest BCUT2D eigenvalue weighted by Gasteiger charge is -2.35. The van der Waals surface area contributed by atoms with Crippen LogP contribution in [-0.4, -0.2) is 25.6 Å². The summed E-state index contributed by atoms with van der Waals surface area (Å²) in [5, 5.41) is 2.66. The van der Waals surface area contributed by atoms with Gasteiger partial charge in [-0.2, -0.15) is 0 Å². The zero-order chi connectivity index (χ0) is 15.5. The summed E-state index contributed by atoms with van der Waals surface area (Å²) in [4.78, 5) is 14.1. The number of anilines is 1. The highest BCUT2D eigenvalue weighted by Crippen LogP contribution is 2.34. The minimum Gasteiger partial charge on any atom is -0.477 e. The molecule has 0 aliphatic carbocycles. The van der Waals surface area contributed by atoms with E-state index in [1.165, 1.54) is 5.56 Å². The van der Waals surface area contributed by atoms with Gasteiger partial charge in [0.1, 0.15) is 5.75 Å². The van der Waals surface area contributed by atoms with Gasteiger partial charge in [-0.15, -0.1) is 0 Å². The first kappa shape index (κ1) is 14.9. The molecule has 0 bridgehead atoms. The summed E-state index contributed by atoms with van der Waals surface area (Å²) in [6, 6.07) is 15.9. The number of carbonyl (C=O) groups excluding carboxylic acids is 1. The second-order valence-electron chi connectivity index (χ2n) is 5.16. The topological polar surface area (TPSA) is 41.6 Å². The fraction of sp³-hybridized carbons (Fsp3) is 0.235. The Balaban J connectivity index is 1.92. The monoisotopic (exact) mass is 360 g/mol. The van der Waals surface area contributed by atoms with Crippen molar-refractivity contribution in [3.8, 4) is 5.75 Å². The average Bonchev–Trinajstić information content (AvgIpc) is 2.56. The van der Waals surface area contributed by atoms with E-state index in [9.17, 15) is 4.79 Å². The van der Waals surface area contributed by atoms with E-state index < -0.39 is 6.10 Å². The normalized spacial score (nSPS) is 16.6. The first-order valence-electron chi connectivity index (χ1n) is 7.14. The predicted octanol–water partition coefficient (Wildman–Crippen LogP) is 2.96. The quantitative estimate of drug-likeness (QED) is 0.914. The van der Waals surface area contributed by atoms with Gasteiger partial charge < -0.3 is 15.0 Å². The number of hydrogen-bond donors (Lipinski definition) is 1. The molecule has 114 valence electrons. The number of hydrogen-bond acceptors (Lipinski definition) is 3. The summed E-state index contributed by atoms with van der Waals surface area (Å²) in [6.45, 7) is 1.24. The van der Waals surface area contributed by atoms with Crippen LogP contribution in [0.1, 0.15) is 5.56 Å². The summed E-state index contributed by atoms with van der Waals surface area (Å²) in [5.74, 6) is 0.640. The number of rotatable bonds is 3. The number of para-hydroxylation sites is 2. The molecule has 0 aromatic heterocycles. The van der Waals surface area contributed by atoms with Gasteiger partial charge >= 0.3 is 0 Å². The number of nitrogens with one attached hydrogen (secondary N) is 1. The summed E-state index contributed by atoms with van der Waals surface area (Å²) < 4.78 is 6.88. The first-order chi connectivity index (χ1) is 10.7. The van der Waals surface area contributed by atoms with E-state index >= 15 is 0 Å². The van der Waals surface area contributed by atoms with Gasteiger partial charge in [0.25, 0.3) is 5.91 Å². The van der Waals surface area contributed by atoms with Crippen LogP contribution in [0.3, 0.4) is 0 Å². The molecule has 1 aliphatic heterocycles. The van der Waals surface area contributed by atoms with Gasteiger partial charge in [-0.1, -0.05) is 46.3 Å². The molecule has 1 atom stereocenters. The lowest BCUT2D eigenvalue weighted by Crippen LogP contribution is -2.47. The minimum atomic E-state index is -0.498. The van der Waals surface area contributed by atoms with E-state index in [1.54, 1.807) is 7.05 Å². The molecule has 5 heteroatoms. The lowest BCUT2D eigenvalue weighted by atomic mass is 10.1. The van der Waals surface area contributed by atoms with Crippen LogP contribution in [0.5, 0.6) is 5.75 Å². The summed E-state index contributed by atoms with van der Waals surface area (Å²) >= 11 is 3.58. The molecule has 22 heavy (non-hydrogen) atoms. The van der Waals surface area contributed by atoms with Gasteiger partial charge in [0.2, 0.25) is 0 Å². The van der Waals surface area contributed by atoms with Crippen molar-refractivity contribution in [2.24, 2.45) is 0 Å². The smallest absolute Gasteiger partial charge is 0.262 e. The van der Waals surface area contributed by atoms with Crippen LogP contribution in [0.25, 0.3) is 0 Å². The lowest BCUT2D eigenvalue weighted by molar-refractivity contribution is -0.127. The number of fused-ring (bicyclic) bond motifs is 1. The zero-order valence-corrected chi connectivity index (χ0v) is 13.8. The second-order valence-corrected chi connectivity index (χ2v) is 6.01. The van der Waals surface area contributed by atoms with E-state index in [1.807, 2.05) is 42.5 Å². The minimum absolute atomic E-state index is 0.105. The summed E-state index contributed by atoms with van der Waals surface area (Å²) in [7, 11) is 1.63. The molecular weight excluding hydrogens is 344 g/mol. The van der Waals surface area contributed by atoms with Crippen LogP contribution in [0.4, 0.5) is 5.69 Å². The van der Waals surface area contributed by atoms with Crippen molar-refractivity contribution >= 4 is 27.5 Å². The zero-order valence-electron chi connectivity index (χ0n) is 12.3. The van der Waals surface area contributed by atoms with Crippen LogP contribution >= 0.6 is 15.9 Å². The van der Waals surface area contributed by atoms with Crippen molar-refractivity contribution in [2.45, 2.75) is 12.6 Å². The highest BCUT2D eigenvalue weighted by atomic mass is 79.9. The van der Waals surface area contributed by atoms with Crippen LogP contribution < -0.4 is 15.0 Å². The Morgan fingerprint density at radius 2 is 2.00 bits per heavy atom. The van der Waals surface area contributed by atoms with E-state index in [2.05, 4.69) is 32.2 Å². The van der Waals surface area contributed by atoms with Gasteiger partial charge in [0, 0.05) is 18.1 Å². The van der Waals surface area contributed by atoms with Crippen molar-refractivity contribution in [1.29, 1.82) is 0 Å². The molecular formula is C17H17BrN2O2. The molecule has 2 aromatic carbocycles. The maximum atomic E-state index is 12.0. The van der Waals surface area contributed by atoms with E-state index in [0.717, 1.165) is 22.5 Å². The second kappa shape index (κ2) is 6.40. The van der Waals surface area contributed by atoms with Crippen molar-refractivity contribution in [2.75, 3.05) is 18.5 Å². The molecule has 1 aliphatic rings. The number of halogens is 1. The van der Waals surface area contributed by atoms with E-state index in [4.69, 9.17) is 4.74 Å². The molecule has 0 saturated heterocycles. The number of likely N-dealkylation sites (N-methyl/N-ethyl adjacent to an activating group) is 1. The van der Waals surface area contributed by atoms with Gasteiger partial charge in [0.05, 0.1) is 12.2 Å². The molecule has 4 nitrogen and oxygen atoms in total. The number of nitrogens with zero attached hydrogens (tertiary/aromatic N) is 1. The van der Waals surface area contributed by atoms with Gasteiger partial charge in [-0.25, -0.2) is 0 Å². The average molecular weight is 361 g/mol. The molecule has 2 aromatic rings. The molecule has 1 heterocycles. The summed E-state index contributed by atoms with van der Waals surface area (Å²) in [6.07, 6.45) is -0.498. The van der Waals surface area contributed by atoms with Crippen molar-refractivity contribution in [3.63, 3.8) is 0 Å². The van der Waals surface area contributed by atoms with Crippen molar-refractivity contribution in [3.05, 3.63) is 58.6 Å². The van der Waals surface area contributed by atoms with Gasteiger partial charge in [-0.05, 0) is 23.8 Å². The van der Waals surface area contributed by atoms with Crippen LogP contribution in [0, 0.1) is 0 Å². The summed E-state index contributed by atoms with van der Waals surface area (Å²) in [5.41, 5.74) is 2.19. The Kier molecular flexibility index (Phi) is 4.34. The maximum Gasteiger partial charge on any atom is 0.262 e. The Morgan fingerprint density at radius 3 is 2.77 bits per heavy atom. The standard InChI is InChI=1S/C17H17BrN2O2/c1-19-17(21)16-11-20(10-12-6-2-3-7-13(12)18)14-8-4-5-9-15(14)22-16/h2-9,16H,10-11H2,1H3,(H,19,21)/t16-/m1/s1. The third-order valence-corrected chi connectivity index (χ3v) is 4.49. The van der Waals surface area contributed by atoms with E-state index in [-0.39, 0.29) is 5.91 Å². The number of ether oxygens (including phenoxy) is 1. The highest BCUT2D eigenvalue weighted by molar-refractivity contribution is 9.10. The number of carbonyl (C=O) groups is 1. The SMILES string of the molecule is CNC(=O)[C@H]1CN(Cc2ccccc2Br)c2ccccc2O1. The molecule has 0 fully saturated rings. The Morgan fingerprint density at radius 1 is 1.27 bits per heavy atom. The number of benzene rings is 2. The van der Waals surface area contributed by atoms with Crippen LogP contribution in [0.2, 0.25) is 0 Å². The molecule has 0 radical (unpaired) electrons. The highest BCUT2D eigenvalue weighted by Gasteiger charge is 2.30. The molecule has 0 saturated carbocycles. The Labute approximate surface area is 138 Å². The Hall–Kier alpha value is -2.01. The van der Waals surface area contributed by atoms with Gasteiger partial charge in [0.15, 0.2) is 6.10 Å². The van der Waals surface area contributed by atoms with Crippen LogP contribution in [0.15, 0.2) is 53.0 Å². The molecule has 1 N–H and O–H groups in total. The van der Waals surface area contributed by atoms with Crippen molar-refractivity contribution < 1.29 is 9.53 Å². The maximum absolute atomic E-state index is 12.0. The molecule has 0 unspecified atom stereocenters. The molecule has 0 spiro atoms. The van der Waals surface area contributed by atoms with Crippen molar-refractivity contribution in [1.82, 2.24) is 5.32 Å². The fourth-order valence-electron chi connectivity index (χ4n) is 2.59. The molecule has 1 amide bonds.